The summed E-state index contributed by atoms with van der Waals surface area (Å²) in [5.74, 6) is 3.54. The van der Waals surface area contributed by atoms with Gasteiger partial charge in [0.25, 0.3) is 5.91 Å². The van der Waals surface area contributed by atoms with Crippen LogP contribution in [0.5, 0.6) is 5.75 Å². The SMILES string of the molecule is O=C(COc1ccc(C2SCCCS2)cc1)N1CCCC(C2OCCO2)C1. The molecule has 3 aliphatic rings. The Labute approximate surface area is 169 Å². The van der Waals surface area contributed by atoms with Crippen molar-refractivity contribution in [2.75, 3.05) is 44.4 Å². The molecule has 0 aromatic heterocycles. The van der Waals surface area contributed by atoms with Crippen LogP contribution in [-0.4, -0.2) is 61.5 Å². The molecule has 5 nitrogen and oxygen atoms in total. The predicted molar refractivity (Wildman–Crippen MR) is 109 cm³/mol. The van der Waals surface area contributed by atoms with E-state index in [2.05, 4.69) is 12.1 Å². The van der Waals surface area contributed by atoms with E-state index in [9.17, 15) is 4.79 Å². The number of thioether (sulfide) groups is 2. The molecular formula is C20H27NO4S2. The largest absolute Gasteiger partial charge is 0.484 e. The number of hydrogen-bond acceptors (Lipinski definition) is 6. The Balaban J connectivity index is 1.25. The number of hydrogen-bond donors (Lipinski definition) is 0. The molecule has 0 radical (unpaired) electrons. The number of nitrogens with zero attached hydrogens (tertiary/aromatic N) is 1. The molecule has 0 aliphatic carbocycles. The zero-order valence-corrected chi connectivity index (χ0v) is 17.1. The normalized spacial score (nSPS) is 24.9. The first-order valence-electron chi connectivity index (χ1n) is 9.76. The molecule has 1 unspecified atom stereocenters. The summed E-state index contributed by atoms with van der Waals surface area (Å²) in [4.78, 5) is 14.5. The van der Waals surface area contributed by atoms with Crippen molar-refractivity contribution in [3.8, 4) is 5.75 Å². The number of rotatable bonds is 5. The second-order valence-electron chi connectivity index (χ2n) is 7.14. The Morgan fingerprint density at radius 2 is 1.85 bits per heavy atom. The number of ether oxygens (including phenoxy) is 3. The van der Waals surface area contributed by atoms with Crippen LogP contribution in [0.25, 0.3) is 0 Å². The maximum Gasteiger partial charge on any atom is 0.260 e. The van der Waals surface area contributed by atoms with Crippen molar-refractivity contribution < 1.29 is 19.0 Å². The van der Waals surface area contributed by atoms with Gasteiger partial charge < -0.3 is 19.1 Å². The van der Waals surface area contributed by atoms with Crippen LogP contribution < -0.4 is 4.74 Å². The van der Waals surface area contributed by atoms with E-state index in [0.717, 1.165) is 25.1 Å². The van der Waals surface area contributed by atoms with Gasteiger partial charge in [-0.05, 0) is 48.5 Å². The highest BCUT2D eigenvalue weighted by atomic mass is 32.2. The van der Waals surface area contributed by atoms with E-state index in [-0.39, 0.29) is 24.7 Å². The molecule has 7 heteroatoms. The van der Waals surface area contributed by atoms with E-state index in [1.165, 1.54) is 23.5 Å². The fraction of sp³-hybridized carbons (Fsp3) is 0.650. The van der Waals surface area contributed by atoms with Crippen molar-refractivity contribution in [1.82, 2.24) is 4.90 Å². The van der Waals surface area contributed by atoms with Crippen molar-refractivity contribution in [2.45, 2.75) is 30.1 Å². The van der Waals surface area contributed by atoms with Crippen molar-refractivity contribution in [2.24, 2.45) is 5.92 Å². The molecule has 3 aliphatic heterocycles. The zero-order valence-electron chi connectivity index (χ0n) is 15.5. The van der Waals surface area contributed by atoms with Crippen LogP contribution in [0.2, 0.25) is 0 Å². The fourth-order valence-electron chi connectivity index (χ4n) is 3.75. The molecule has 148 valence electrons. The number of piperidine rings is 1. The summed E-state index contributed by atoms with van der Waals surface area (Å²) in [5, 5.41) is 0. The smallest absolute Gasteiger partial charge is 0.260 e. The van der Waals surface area contributed by atoms with Gasteiger partial charge in [-0.15, -0.1) is 23.5 Å². The summed E-state index contributed by atoms with van der Waals surface area (Å²) in [6.45, 7) is 2.89. The molecule has 1 amide bonds. The number of likely N-dealkylation sites (tertiary alicyclic amines) is 1. The van der Waals surface area contributed by atoms with Gasteiger partial charge in [0, 0.05) is 19.0 Å². The van der Waals surface area contributed by atoms with E-state index in [0.29, 0.717) is 24.3 Å². The molecule has 3 fully saturated rings. The lowest BCUT2D eigenvalue weighted by atomic mass is 9.97. The first kappa shape index (κ1) is 19.4. The fourth-order valence-corrected chi connectivity index (χ4v) is 6.64. The first-order chi connectivity index (χ1) is 13.3. The number of benzene rings is 1. The van der Waals surface area contributed by atoms with Gasteiger partial charge in [-0.1, -0.05) is 12.1 Å². The summed E-state index contributed by atoms with van der Waals surface area (Å²) in [6, 6.07) is 8.22. The lowest BCUT2D eigenvalue weighted by Crippen LogP contribution is -2.45. The second kappa shape index (κ2) is 9.54. The molecule has 1 aromatic carbocycles. The van der Waals surface area contributed by atoms with Crippen LogP contribution >= 0.6 is 23.5 Å². The highest BCUT2D eigenvalue weighted by molar-refractivity contribution is 8.16. The van der Waals surface area contributed by atoms with Gasteiger partial charge in [0.1, 0.15) is 5.75 Å². The molecule has 4 rings (SSSR count). The van der Waals surface area contributed by atoms with Crippen LogP contribution in [0.1, 0.15) is 29.4 Å². The van der Waals surface area contributed by atoms with Crippen LogP contribution in [-0.2, 0) is 14.3 Å². The average Bonchev–Trinajstić information content (AvgIpc) is 3.28. The Morgan fingerprint density at radius 1 is 1.11 bits per heavy atom. The maximum atomic E-state index is 12.6. The Hall–Kier alpha value is -0.890. The molecule has 0 saturated carbocycles. The number of amides is 1. The van der Waals surface area contributed by atoms with Gasteiger partial charge in [0.05, 0.1) is 17.8 Å². The summed E-state index contributed by atoms with van der Waals surface area (Å²) < 4.78 is 17.5. The third kappa shape index (κ3) is 5.13. The van der Waals surface area contributed by atoms with E-state index in [1.807, 2.05) is 40.6 Å². The molecule has 1 aromatic rings. The van der Waals surface area contributed by atoms with E-state index in [4.69, 9.17) is 14.2 Å². The van der Waals surface area contributed by atoms with Crippen LogP contribution in [0, 0.1) is 5.92 Å². The van der Waals surface area contributed by atoms with Crippen molar-refractivity contribution >= 4 is 29.4 Å². The summed E-state index contributed by atoms with van der Waals surface area (Å²) in [7, 11) is 0. The monoisotopic (exact) mass is 409 g/mol. The van der Waals surface area contributed by atoms with Crippen molar-refractivity contribution in [3.05, 3.63) is 29.8 Å². The minimum Gasteiger partial charge on any atom is -0.484 e. The Kier molecular flexibility index (Phi) is 6.87. The van der Waals surface area contributed by atoms with E-state index >= 15 is 0 Å². The number of carbonyl (C=O) groups excluding carboxylic acids is 1. The quantitative estimate of drug-likeness (QED) is 0.741. The molecule has 27 heavy (non-hydrogen) atoms. The predicted octanol–water partition coefficient (Wildman–Crippen LogP) is 3.55. The number of carbonyl (C=O) groups is 1. The summed E-state index contributed by atoms with van der Waals surface area (Å²) in [5.41, 5.74) is 1.33. The van der Waals surface area contributed by atoms with Gasteiger partial charge in [-0.3, -0.25) is 4.79 Å². The van der Waals surface area contributed by atoms with E-state index in [1.54, 1.807) is 0 Å². The van der Waals surface area contributed by atoms with Gasteiger partial charge in [0.15, 0.2) is 12.9 Å². The van der Waals surface area contributed by atoms with Gasteiger partial charge in [-0.25, -0.2) is 0 Å². The summed E-state index contributed by atoms with van der Waals surface area (Å²) >= 11 is 4.02. The highest BCUT2D eigenvalue weighted by Gasteiger charge is 2.32. The van der Waals surface area contributed by atoms with Gasteiger partial charge >= 0.3 is 0 Å². The third-order valence-corrected chi connectivity index (χ3v) is 8.20. The molecule has 3 saturated heterocycles. The minimum absolute atomic E-state index is 0.0418. The van der Waals surface area contributed by atoms with Crippen molar-refractivity contribution in [1.29, 1.82) is 0 Å². The van der Waals surface area contributed by atoms with Crippen LogP contribution in [0.3, 0.4) is 0 Å². The van der Waals surface area contributed by atoms with Gasteiger partial charge in [0.2, 0.25) is 0 Å². The molecule has 1 atom stereocenters. The Morgan fingerprint density at radius 3 is 2.59 bits per heavy atom. The van der Waals surface area contributed by atoms with Gasteiger partial charge in [-0.2, -0.15) is 0 Å². The average molecular weight is 410 g/mol. The Bertz CT molecular complexity index is 615. The molecule has 0 spiro atoms. The molecule has 0 N–H and O–H groups in total. The highest BCUT2D eigenvalue weighted by Crippen LogP contribution is 2.43. The summed E-state index contributed by atoms with van der Waals surface area (Å²) in [6.07, 6.45) is 3.19. The van der Waals surface area contributed by atoms with Crippen molar-refractivity contribution in [3.63, 3.8) is 0 Å². The molecular weight excluding hydrogens is 382 g/mol. The van der Waals surface area contributed by atoms with E-state index < -0.39 is 0 Å². The minimum atomic E-state index is -0.149. The zero-order chi connectivity index (χ0) is 18.5. The molecule has 3 heterocycles. The molecule has 0 bridgehead atoms. The van der Waals surface area contributed by atoms with Crippen LogP contribution in [0.4, 0.5) is 0 Å². The third-order valence-electron chi connectivity index (χ3n) is 5.18. The first-order valence-corrected chi connectivity index (χ1v) is 11.9. The maximum absolute atomic E-state index is 12.6. The topological polar surface area (TPSA) is 48.0 Å². The standard InChI is InChI=1S/C20H27NO4S2/c22-18(21-8-1-3-16(13-21)19-23-9-10-24-19)14-25-17-6-4-15(5-7-17)20-26-11-2-12-27-20/h4-7,16,19-20H,1-3,8-14H2. The second-order valence-corrected chi connectivity index (χ2v) is 9.86. The lowest BCUT2D eigenvalue weighted by molar-refractivity contribution is -0.141. The van der Waals surface area contributed by atoms with Crippen LogP contribution in [0.15, 0.2) is 24.3 Å². The lowest BCUT2D eigenvalue weighted by Gasteiger charge is -2.34.